The van der Waals surface area contributed by atoms with Crippen molar-refractivity contribution in [2.75, 3.05) is 17.7 Å². The number of hydrogen-bond acceptors (Lipinski definition) is 4. The fraction of sp³-hybridized carbons (Fsp3) is 0.190. The van der Waals surface area contributed by atoms with Crippen molar-refractivity contribution in [1.29, 1.82) is 0 Å². The zero-order valence-corrected chi connectivity index (χ0v) is 15.9. The Morgan fingerprint density at radius 2 is 1.97 bits per heavy atom. The highest BCUT2D eigenvalue weighted by Gasteiger charge is 2.34. The van der Waals surface area contributed by atoms with Crippen LogP contribution >= 0.6 is 0 Å². The number of amides is 2. The summed E-state index contributed by atoms with van der Waals surface area (Å²) >= 11 is 0. The number of methoxy groups -OCH3 is 1. The molecule has 4 rings (SSSR count). The van der Waals surface area contributed by atoms with Crippen LogP contribution in [0, 0.1) is 12.7 Å². The molecule has 7 nitrogen and oxygen atoms in total. The van der Waals surface area contributed by atoms with E-state index < -0.39 is 6.04 Å². The van der Waals surface area contributed by atoms with Gasteiger partial charge in [0.05, 0.1) is 24.9 Å². The number of halogens is 1. The second-order valence-electron chi connectivity index (χ2n) is 6.73. The van der Waals surface area contributed by atoms with E-state index in [2.05, 4.69) is 15.7 Å². The van der Waals surface area contributed by atoms with Gasteiger partial charge >= 0.3 is 0 Å². The van der Waals surface area contributed by atoms with Gasteiger partial charge in [0.1, 0.15) is 23.4 Å². The minimum Gasteiger partial charge on any atom is -0.495 e. The summed E-state index contributed by atoms with van der Waals surface area (Å²) in [6, 6.07) is 12.1. The van der Waals surface area contributed by atoms with Crippen molar-refractivity contribution in [3.05, 3.63) is 59.9 Å². The van der Waals surface area contributed by atoms with E-state index in [4.69, 9.17) is 4.74 Å². The molecule has 0 spiro atoms. The van der Waals surface area contributed by atoms with E-state index in [0.29, 0.717) is 34.1 Å². The molecule has 1 aromatic heterocycles. The molecule has 0 radical (unpaired) electrons. The molecule has 2 amide bonds. The quantitative estimate of drug-likeness (QED) is 0.709. The summed E-state index contributed by atoms with van der Waals surface area (Å²) < 4.78 is 20.1. The number of fused-ring (bicyclic) bond motifs is 1. The predicted octanol–water partition coefficient (Wildman–Crippen LogP) is 3.53. The highest BCUT2D eigenvalue weighted by Crippen LogP contribution is 2.35. The Bertz CT molecular complexity index is 1090. The largest absolute Gasteiger partial charge is 0.495 e. The topological polar surface area (TPSA) is 85.2 Å². The van der Waals surface area contributed by atoms with E-state index in [1.807, 2.05) is 0 Å². The first-order chi connectivity index (χ1) is 14.0. The third-order valence-electron chi connectivity index (χ3n) is 4.86. The molecule has 3 aromatic rings. The molecule has 0 fully saturated rings. The van der Waals surface area contributed by atoms with Gasteiger partial charge in [0.15, 0.2) is 0 Å². The van der Waals surface area contributed by atoms with E-state index in [-0.39, 0.29) is 24.1 Å². The van der Waals surface area contributed by atoms with Gasteiger partial charge in [-0.1, -0.05) is 12.1 Å². The molecule has 2 heterocycles. The highest BCUT2D eigenvalue weighted by molar-refractivity contribution is 6.02. The Kier molecular flexibility index (Phi) is 4.75. The average molecular weight is 394 g/mol. The number of para-hydroxylation sites is 2. The third kappa shape index (κ3) is 3.44. The Balaban J connectivity index is 1.70. The molecule has 1 aliphatic heterocycles. The standard InChI is InChI=1S/C21H19FN4O3/c1-12-19(13-7-9-14(22)10-8-13)25-26-16(11-18(27)24-20(12)26)21(28)23-15-5-3-4-6-17(15)29-2/h3-10,16H,11H2,1-2H3,(H,23,28)(H,24,27)/t16-/m1/s1. The monoisotopic (exact) mass is 394 g/mol. The second kappa shape index (κ2) is 7.38. The van der Waals surface area contributed by atoms with Gasteiger partial charge in [0.25, 0.3) is 0 Å². The number of aromatic nitrogens is 2. The van der Waals surface area contributed by atoms with Gasteiger partial charge in [0.2, 0.25) is 11.8 Å². The van der Waals surface area contributed by atoms with Crippen molar-refractivity contribution < 1.29 is 18.7 Å². The first-order valence-electron chi connectivity index (χ1n) is 9.06. The summed E-state index contributed by atoms with van der Waals surface area (Å²) in [5, 5.41) is 10.2. The molecule has 2 aromatic carbocycles. The van der Waals surface area contributed by atoms with Crippen LogP contribution in [-0.4, -0.2) is 28.7 Å². The maximum absolute atomic E-state index is 13.3. The Labute approximate surface area is 166 Å². The molecule has 148 valence electrons. The van der Waals surface area contributed by atoms with Crippen LogP contribution in [0.4, 0.5) is 15.9 Å². The summed E-state index contributed by atoms with van der Waals surface area (Å²) in [5.74, 6) is -0.0198. The van der Waals surface area contributed by atoms with Gasteiger partial charge in [0, 0.05) is 11.1 Å². The molecule has 0 saturated carbocycles. The van der Waals surface area contributed by atoms with E-state index in [1.54, 1.807) is 43.3 Å². The lowest BCUT2D eigenvalue weighted by Gasteiger charge is -2.24. The molecule has 1 aliphatic rings. The van der Waals surface area contributed by atoms with Gasteiger partial charge in [-0.25, -0.2) is 9.07 Å². The maximum Gasteiger partial charge on any atom is 0.249 e. The van der Waals surface area contributed by atoms with Gasteiger partial charge in [-0.3, -0.25) is 9.59 Å². The normalized spacial score (nSPS) is 15.4. The van der Waals surface area contributed by atoms with Crippen LogP contribution in [0.1, 0.15) is 18.0 Å². The van der Waals surface area contributed by atoms with Gasteiger partial charge in [-0.2, -0.15) is 5.10 Å². The molecule has 0 bridgehead atoms. The van der Waals surface area contributed by atoms with Crippen molar-refractivity contribution in [2.24, 2.45) is 0 Å². The van der Waals surface area contributed by atoms with Crippen molar-refractivity contribution in [3.8, 4) is 17.0 Å². The Hall–Kier alpha value is -3.68. The number of nitrogens with zero attached hydrogens (tertiary/aromatic N) is 2. The summed E-state index contributed by atoms with van der Waals surface area (Å²) in [4.78, 5) is 25.2. The van der Waals surface area contributed by atoms with Crippen molar-refractivity contribution >= 4 is 23.3 Å². The zero-order valence-electron chi connectivity index (χ0n) is 15.9. The highest BCUT2D eigenvalue weighted by atomic mass is 19.1. The number of carbonyl (C=O) groups is 2. The number of benzene rings is 2. The molecule has 2 N–H and O–H groups in total. The third-order valence-corrected chi connectivity index (χ3v) is 4.86. The number of carbonyl (C=O) groups excluding carboxylic acids is 2. The first-order valence-corrected chi connectivity index (χ1v) is 9.06. The first kappa shape index (κ1) is 18.7. The number of ether oxygens (including phenoxy) is 1. The lowest BCUT2D eigenvalue weighted by Crippen LogP contribution is -2.36. The summed E-state index contributed by atoms with van der Waals surface area (Å²) in [6.45, 7) is 1.80. The fourth-order valence-corrected chi connectivity index (χ4v) is 3.39. The number of hydrogen-bond donors (Lipinski definition) is 2. The lowest BCUT2D eigenvalue weighted by molar-refractivity contribution is -0.125. The van der Waals surface area contributed by atoms with Crippen molar-refractivity contribution in [1.82, 2.24) is 9.78 Å². The van der Waals surface area contributed by atoms with Crippen molar-refractivity contribution in [3.63, 3.8) is 0 Å². The summed E-state index contributed by atoms with van der Waals surface area (Å²) in [5.41, 5.74) is 2.50. The minimum atomic E-state index is -0.823. The summed E-state index contributed by atoms with van der Waals surface area (Å²) in [6.07, 6.45) is -0.0437. The maximum atomic E-state index is 13.3. The fourth-order valence-electron chi connectivity index (χ4n) is 3.39. The number of rotatable bonds is 4. The zero-order chi connectivity index (χ0) is 20.5. The minimum absolute atomic E-state index is 0.0437. The number of anilines is 2. The molecule has 0 aliphatic carbocycles. The predicted molar refractivity (Wildman–Crippen MR) is 106 cm³/mol. The van der Waals surface area contributed by atoms with Crippen LogP contribution in [-0.2, 0) is 9.59 Å². The van der Waals surface area contributed by atoms with E-state index in [0.717, 1.165) is 0 Å². The SMILES string of the molecule is COc1ccccc1NC(=O)[C@H]1CC(=O)Nc2c(C)c(-c3ccc(F)cc3)nn21. The molecule has 29 heavy (non-hydrogen) atoms. The van der Waals surface area contributed by atoms with Crippen molar-refractivity contribution in [2.45, 2.75) is 19.4 Å². The Morgan fingerprint density at radius 1 is 1.24 bits per heavy atom. The average Bonchev–Trinajstić information content (AvgIpc) is 3.05. The van der Waals surface area contributed by atoms with Gasteiger partial charge in [-0.05, 0) is 43.3 Å². The molecule has 0 unspecified atom stereocenters. The van der Waals surface area contributed by atoms with Crippen LogP contribution in [0.2, 0.25) is 0 Å². The van der Waals surface area contributed by atoms with Crippen LogP contribution < -0.4 is 15.4 Å². The van der Waals surface area contributed by atoms with Crippen LogP contribution in [0.15, 0.2) is 48.5 Å². The molecule has 0 saturated heterocycles. The van der Waals surface area contributed by atoms with Gasteiger partial charge in [-0.15, -0.1) is 0 Å². The molecular formula is C21H19FN4O3. The molecule has 8 heteroatoms. The second-order valence-corrected chi connectivity index (χ2v) is 6.73. The van der Waals surface area contributed by atoms with E-state index in [9.17, 15) is 14.0 Å². The number of nitrogens with one attached hydrogen (secondary N) is 2. The van der Waals surface area contributed by atoms with E-state index >= 15 is 0 Å². The smallest absolute Gasteiger partial charge is 0.249 e. The Morgan fingerprint density at radius 3 is 2.69 bits per heavy atom. The van der Waals surface area contributed by atoms with Gasteiger partial charge < -0.3 is 15.4 Å². The van der Waals surface area contributed by atoms with Crippen LogP contribution in [0.25, 0.3) is 11.3 Å². The molecule has 1 atom stereocenters. The van der Waals surface area contributed by atoms with Crippen LogP contribution in [0.5, 0.6) is 5.75 Å². The van der Waals surface area contributed by atoms with E-state index in [1.165, 1.54) is 23.9 Å². The van der Waals surface area contributed by atoms with Crippen LogP contribution in [0.3, 0.4) is 0 Å². The molecular weight excluding hydrogens is 375 g/mol. The summed E-state index contributed by atoms with van der Waals surface area (Å²) in [7, 11) is 1.52. The lowest BCUT2D eigenvalue weighted by atomic mass is 10.1.